The van der Waals surface area contributed by atoms with Crippen LogP contribution in [0.15, 0.2) is 66.7 Å². The Morgan fingerprint density at radius 1 is 0.750 bits per heavy atom. The van der Waals surface area contributed by atoms with Gasteiger partial charge in [0.2, 0.25) is 0 Å². The van der Waals surface area contributed by atoms with E-state index in [9.17, 15) is 0 Å². The molecule has 1 heterocycles. The summed E-state index contributed by atoms with van der Waals surface area (Å²) in [5.41, 5.74) is 6.99. The monoisotopic (exact) mass is 548 g/mol. The van der Waals surface area contributed by atoms with Crippen LogP contribution >= 0.6 is 0 Å². The smallest absolute Gasteiger partial charge is 0.414 e. The van der Waals surface area contributed by atoms with Crippen molar-refractivity contribution in [3.8, 4) is 11.5 Å². The Morgan fingerprint density at radius 2 is 1.32 bits per heavy atom. The molecule has 0 saturated heterocycles. The Bertz CT molecular complexity index is 1190. The molecule has 1 aliphatic rings. The molecule has 0 radical (unpaired) electrons. The van der Waals surface area contributed by atoms with Crippen LogP contribution < -0.4 is 19.7 Å². The van der Waals surface area contributed by atoms with Crippen LogP contribution in [0.2, 0.25) is 0 Å². The van der Waals surface area contributed by atoms with E-state index in [0.29, 0.717) is 0 Å². The van der Waals surface area contributed by atoms with Crippen LogP contribution in [0.1, 0.15) is 42.4 Å². The molecule has 0 fully saturated rings. The number of carbonyl (C=O) groups is 2. The van der Waals surface area contributed by atoms with Crippen molar-refractivity contribution in [3.63, 3.8) is 0 Å². The minimum atomic E-state index is -1.82. The number of rotatable bonds is 12. The zero-order chi connectivity index (χ0) is 28.7. The molecule has 8 nitrogen and oxygen atoms in total. The van der Waals surface area contributed by atoms with E-state index in [1.165, 1.54) is 53.7 Å². The molecule has 1 aliphatic heterocycles. The van der Waals surface area contributed by atoms with E-state index in [4.69, 9.17) is 29.3 Å². The first-order chi connectivity index (χ1) is 19.4. The van der Waals surface area contributed by atoms with Gasteiger partial charge in [0.15, 0.2) is 11.5 Å². The molecule has 0 aliphatic carbocycles. The molecular formula is C32H40N2O6. The molecular weight excluding hydrogens is 508 g/mol. The van der Waals surface area contributed by atoms with Gasteiger partial charge in [-0.05, 0) is 86.1 Å². The van der Waals surface area contributed by atoms with Crippen molar-refractivity contribution >= 4 is 23.3 Å². The second-order valence-electron chi connectivity index (χ2n) is 9.62. The number of ether oxygens (including phenoxy) is 2. The van der Waals surface area contributed by atoms with Crippen LogP contribution in [-0.4, -0.2) is 56.0 Å². The van der Waals surface area contributed by atoms with E-state index in [2.05, 4.69) is 70.9 Å². The summed E-state index contributed by atoms with van der Waals surface area (Å²) in [5, 5.41) is 18.4. The third kappa shape index (κ3) is 9.02. The van der Waals surface area contributed by atoms with Crippen LogP contribution in [-0.2, 0) is 28.9 Å². The van der Waals surface area contributed by atoms with Gasteiger partial charge in [0.25, 0.3) is 0 Å². The number of nitrogens with zero attached hydrogens (tertiary/aromatic N) is 1. The van der Waals surface area contributed by atoms with E-state index in [0.717, 1.165) is 50.4 Å². The Balaban J connectivity index is 0.000000663. The Kier molecular flexibility index (Phi) is 12.3. The zero-order valence-electron chi connectivity index (χ0n) is 23.4. The lowest BCUT2D eigenvalue weighted by Gasteiger charge is -2.27. The van der Waals surface area contributed by atoms with E-state index in [1.54, 1.807) is 14.2 Å². The highest BCUT2D eigenvalue weighted by atomic mass is 16.5. The lowest BCUT2D eigenvalue weighted by molar-refractivity contribution is -0.159. The van der Waals surface area contributed by atoms with Crippen LogP contribution in [0.25, 0.3) is 0 Å². The van der Waals surface area contributed by atoms with Crippen LogP contribution in [0.3, 0.4) is 0 Å². The number of methoxy groups -OCH3 is 2. The summed E-state index contributed by atoms with van der Waals surface area (Å²) in [7, 11) is 3.36. The number of aryl methyl sites for hydroxylation is 2. The van der Waals surface area contributed by atoms with Gasteiger partial charge in [-0.1, -0.05) is 55.3 Å². The normalized spacial score (nSPS) is 11.8. The molecule has 3 aromatic rings. The van der Waals surface area contributed by atoms with Crippen LogP contribution in [0, 0.1) is 0 Å². The predicted octanol–water partition coefficient (Wildman–Crippen LogP) is 5.49. The van der Waals surface area contributed by atoms with E-state index >= 15 is 0 Å². The molecule has 3 aromatic carbocycles. The summed E-state index contributed by atoms with van der Waals surface area (Å²) in [5.74, 6) is -2.06. The number of unbranched alkanes of at least 4 members (excludes halogenated alkanes) is 3. The summed E-state index contributed by atoms with van der Waals surface area (Å²) in [6, 6.07) is 24.0. The number of fused-ring (bicyclic) bond motifs is 2. The average Bonchev–Trinajstić information content (AvgIpc) is 3.13. The molecule has 0 saturated carbocycles. The maximum atomic E-state index is 9.10. The van der Waals surface area contributed by atoms with Crippen molar-refractivity contribution in [1.29, 1.82) is 0 Å². The second-order valence-corrected chi connectivity index (χ2v) is 9.62. The van der Waals surface area contributed by atoms with Gasteiger partial charge in [0.05, 0.1) is 14.2 Å². The van der Waals surface area contributed by atoms with Gasteiger partial charge in [-0.15, -0.1) is 0 Å². The largest absolute Gasteiger partial charge is 0.493 e. The van der Waals surface area contributed by atoms with Gasteiger partial charge in [0.1, 0.15) is 0 Å². The number of nitrogens with one attached hydrogen (secondary N) is 1. The number of hydrogen-bond donors (Lipinski definition) is 3. The highest BCUT2D eigenvalue weighted by Crippen LogP contribution is 2.36. The second kappa shape index (κ2) is 16.2. The summed E-state index contributed by atoms with van der Waals surface area (Å²) < 4.78 is 10.7. The molecule has 0 aromatic heterocycles. The van der Waals surface area contributed by atoms with Crippen LogP contribution in [0.5, 0.6) is 11.5 Å². The van der Waals surface area contributed by atoms with Gasteiger partial charge < -0.3 is 29.9 Å². The molecule has 3 N–H and O–H groups in total. The van der Waals surface area contributed by atoms with Gasteiger partial charge in [-0.25, -0.2) is 9.59 Å². The minimum Gasteiger partial charge on any atom is -0.493 e. The first-order valence-corrected chi connectivity index (χ1v) is 13.8. The van der Waals surface area contributed by atoms with Crippen molar-refractivity contribution in [2.45, 2.75) is 44.9 Å². The fourth-order valence-corrected chi connectivity index (χ4v) is 4.88. The predicted molar refractivity (Wildman–Crippen MR) is 157 cm³/mol. The zero-order valence-corrected chi connectivity index (χ0v) is 23.4. The van der Waals surface area contributed by atoms with Gasteiger partial charge in [0, 0.05) is 17.9 Å². The number of anilines is 2. The minimum absolute atomic E-state index is 0.784. The van der Waals surface area contributed by atoms with Crippen molar-refractivity contribution < 1.29 is 29.3 Å². The summed E-state index contributed by atoms with van der Waals surface area (Å²) in [4.78, 5) is 20.8. The highest BCUT2D eigenvalue weighted by Gasteiger charge is 2.19. The van der Waals surface area contributed by atoms with E-state index in [1.807, 2.05) is 6.07 Å². The quantitative estimate of drug-likeness (QED) is 0.201. The standard InChI is InChI=1S/C30H38N2O2.C2H2O4/c1-33-29-18-15-24(23-30(29)34-2)19-21-31-20-9-3-4-10-22-32-27-13-7-5-11-25(27)16-17-26-12-6-8-14-28(26)32;3-1(4)2(5)6/h5-8,11-15,18,23,31H,3-4,9-10,16-17,19-22H2,1-2H3;(H,3,4)(H,5,6). The molecule has 0 spiro atoms. The lowest BCUT2D eigenvalue weighted by atomic mass is 10.0. The summed E-state index contributed by atoms with van der Waals surface area (Å²) in [6.07, 6.45) is 8.21. The molecule has 0 amide bonds. The summed E-state index contributed by atoms with van der Waals surface area (Å²) in [6.45, 7) is 3.14. The summed E-state index contributed by atoms with van der Waals surface area (Å²) >= 11 is 0. The Labute approximate surface area is 236 Å². The Hall–Kier alpha value is -4.04. The fourth-order valence-electron chi connectivity index (χ4n) is 4.88. The number of carboxylic acids is 2. The van der Waals surface area contributed by atoms with Gasteiger partial charge in [-0.3, -0.25) is 0 Å². The van der Waals surface area contributed by atoms with Crippen molar-refractivity contribution in [2.75, 3.05) is 38.8 Å². The number of benzene rings is 3. The molecule has 8 heteroatoms. The van der Waals surface area contributed by atoms with Crippen LogP contribution in [0.4, 0.5) is 11.4 Å². The van der Waals surface area contributed by atoms with Gasteiger partial charge in [-0.2, -0.15) is 0 Å². The average molecular weight is 549 g/mol. The Morgan fingerprint density at radius 3 is 1.90 bits per heavy atom. The lowest BCUT2D eigenvalue weighted by Crippen LogP contribution is -2.20. The fraction of sp³-hybridized carbons (Fsp3) is 0.375. The SMILES string of the molecule is COc1ccc(CCNCCCCCCN2c3ccccc3CCc3ccccc32)cc1OC.O=C(O)C(=O)O. The highest BCUT2D eigenvalue weighted by molar-refractivity contribution is 6.27. The third-order valence-electron chi connectivity index (χ3n) is 6.94. The first kappa shape index (κ1) is 30.5. The van der Waals surface area contributed by atoms with Gasteiger partial charge >= 0.3 is 11.9 Å². The van der Waals surface area contributed by atoms with E-state index in [-0.39, 0.29) is 0 Å². The molecule has 214 valence electrons. The molecule has 0 atom stereocenters. The third-order valence-corrected chi connectivity index (χ3v) is 6.94. The number of aliphatic carboxylic acids is 2. The maximum Gasteiger partial charge on any atom is 0.414 e. The number of carboxylic acid groups (broad SMARTS) is 2. The van der Waals surface area contributed by atoms with Crippen molar-refractivity contribution in [1.82, 2.24) is 5.32 Å². The van der Waals surface area contributed by atoms with Crippen molar-refractivity contribution in [2.24, 2.45) is 0 Å². The van der Waals surface area contributed by atoms with Crippen molar-refractivity contribution in [3.05, 3.63) is 83.4 Å². The maximum absolute atomic E-state index is 9.10. The molecule has 40 heavy (non-hydrogen) atoms. The molecule has 4 rings (SSSR count). The topological polar surface area (TPSA) is 108 Å². The number of hydrogen-bond acceptors (Lipinski definition) is 6. The molecule has 0 bridgehead atoms. The number of para-hydroxylation sites is 2. The first-order valence-electron chi connectivity index (χ1n) is 13.8. The molecule has 0 unspecified atom stereocenters. The van der Waals surface area contributed by atoms with E-state index < -0.39 is 11.9 Å².